The van der Waals surface area contributed by atoms with E-state index in [0.29, 0.717) is 11.3 Å². The standard InChI is InChI=1S/C20H17N3O4S/c1-15-2-10-19(11-3-15)28(26,27)20-12-6-17(7-13-20)22-21-14-16-4-8-18(9-5-16)23(24)25/h2-14,22H,1H3/b21-14-. The summed E-state index contributed by atoms with van der Waals surface area (Å²) in [6, 6.07) is 18.9. The molecule has 0 heterocycles. The van der Waals surface area contributed by atoms with E-state index >= 15 is 0 Å². The maximum absolute atomic E-state index is 12.6. The van der Waals surface area contributed by atoms with Gasteiger partial charge in [0.25, 0.3) is 5.69 Å². The van der Waals surface area contributed by atoms with Crippen molar-refractivity contribution in [2.24, 2.45) is 5.10 Å². The third-order valence-corrected chi connectivity index (χ3v) is 5.79. The zero-order valence-electron chi connectivity index (χ0n) is 14.9. The Bertz CT molecular complexity index is 1110. The summed E-state index contributed by atoms with van der Waals surface area (Å²) in [5, 5.41) is 14.7. The summed E-state index contributed by atoms with van der Waals surface area (Å²) in [5.74, 6) is 0. The van der Waals surface area contributed by atoms with Crippen LogP contribution in [0.15, 0.2) is 87.7 Å². The Labute approximate surface area is 162 Å². The quantitative estimate of drug-likeness (QED) is 0.383. The largest absolute Gasteiger partial charge is 0.279 e. The number of hydrazone groups is 1. The van der Waals surface area contributed by atoms with Crippen molar-refractivity contribution < 1.29 is 13.3 Å². The lowest BCUT2D eigenvalue weighted by Crippen LogP contribution is -2.02. The molecule has 1 N–H and O–H groups in total. The minimum atomic E-state index is -3.57. The monoisotopic (exact) mass is 395 g/mol. The van der Waals surface area contributed by atoms with Crippen LogP contribution in [0.25, 0.3) is 0 Å². The average molecular weight is 395 g/mol. The van der Waals surface area contributed by atoms with Crippen molar-refractivity contribution in [3.8, 4) is 0 Å². The van der Waals surface area contributed by atoms with Gasteiger partial charge in [0.1, 0.15) is 0 Å². The molecule has 8 heteroatoms. The molecule has 0 radical (unpaired) electrons. The Morgan fingerprint density at radius 3 is 1.96 bits per heavy atom. The van der Waals surface area contributed by atoms with Gasteiger partial charge in [-0.15, -0.1) is 0 Å². The molecule has 0 bridgehead atoms. The molecule has 0 fully saturated rings. The number of nitrogens with zero attached hydrogens (tertiary/aromatic N) is 2. The molecule has 142 valence electrons. The van der Waals surface area contributed by atoms with Crippen molar-refractivity contribution in [1.82, 2.24) is 0 Å². The van der Waals surface area contributed by atoms with Gasteiger partial charge in [-0.1, -0.05) is 17.7 Å². The van der Waals surface area contributed by atoms with E-state index in [0.717, 1.165) is 5.56 Å². The van der Waals surface area contributed by atoms with Gasteiger partial charge in [0.15, 0.2) is 0 Å². The molecule has 0 unspecified atom stereocenters. The van der Waals surface area contributed by atoms with Crippen LogP contribution >= 0.6 is 0 Å². The Morgan fingerprint density at radius 2 is 1.43 bits per heavy atom. The van der Waals surface area contributed by atoms with E-state index in [2.05, 4.69) is 10.5 Å². The van der Waals surface area contributed by atoms with Crippen molar-refractivity contribution in [2.75, 3.05) is 5.43 Å². The predicted molar refractivity (Wildman–Crippen MR) is 107 cm³/mol. The fourth-order valence-corrected chi connectivity index (χ4v) is 3.69. The number of hydrogen-bond donors (Lipinski definition) is 1. The van der Waals surface area contributed by atoms with Gasteiger partial charge < -0.3 is 0 Å². The first-order valence-electron chi connectivity index (χ1n) is 8.31. The first kappa shape index (κ1) is 19.2. The van der Waals surface area contributed by atoms with Gasteiger partial charge in [-0.2, -0.15) is 5.10 Å². The zero-order chi connectivity index (χ0) is 20.1. The number of sulfone groups is 1. The van der Waals surface area contributed by atoms with Gasteiger partial charge in [-0.25, -0.2) is 8.42 Å². The summed E-state index contributed by atoms with van der Waals surface area (Å²) in [6.07, 6.45) is 1.51. The minimum absolute atomic E-state index is 0.00971. The lowest BCUT2D eigenvalue weighted by molar-refractivity contribution is -0.384. The average Bonchev–Trinajstić information content (AvgIpc) is 2.69. The van der Waals surface area contributed by atoms with Crippen molar-refractivity contribution in [3.05, 3.63) is 94.0 Å². The summed E-state index contributed by atoms with van der Waals surface area (Å²) in [5.41, 5.74) is 5.10. The van der Waals surface area contributed by atoms with Gasteiger partial charge in [-0.05, 0) is 61.0 Å². The normalized spacial score (nSPS) is 11.5. The summed E-state index contributed by atoms with van der Waals surface area (Å²) >= 11 is 0. The predicted octanol–water partition coefficient (Wildman–Crippen LogP) is 4.18. The summed E-state index contributed by atoms with van der Waals surface area (Å²) in [7, 11) is -3.57. The van der Waals surface area contributed by atoms with E-state index in [1.165, 1.54) is 30.5 Å². The number of benzene rings is 3. The third-order valence-electron chi connectivity index (χ3n) is 4.01. The Balaban J connectivity index is 1.69. The molecule has 0 saturated heterocycles. The molecule has 0 spiro atoms. The Morgan fingerprint density at radius 1 is 0.893 bits per heavy atom. The molecule has 3 aromatic carbocycles. The molecule has 0 saturated carbocycles. The van der Waals surface area contributed by atoms with Crippen molar-refractivity contribution in [1.29, 1.82) is 0 Å². The number of nitro groups is 1. The molecule has 28 heavy (non-hydrogen) atoms. The van der Waals surface area contributed by atoms with E-state index < -0.39 is 14.8 Å². The molecule has 3 rings (SSSR count). The lowest BCUT2D eigenvalue weighted by Gasteiger charge is -2.06. The fraction of sp³-hybridized carbons (Fsp3) is 0.0500. The number of aryl methyl sites for hydroxylation is 1. The van der Waals surface area contributed by atoms with E-state index in [1.807, 2.05) is 6.92 Å². The van der Waals surface area contributed by atoms with Crippen LogP contribution in [0.1, 0.15) is 11.1 Å². The third kappa shape index (κ3) is 4.41. The molecule has 0 atom stereocenters. The summed E-state index contributed by atoms with van der Waals surface area (Å²) < 4.78 is 25.3. The van der Waals surface area contributed by atoms with Crippen LogP contribution in [0.2, 0.25) is 0 Å². The number of non-ortho nitro benzene ring substituents is 1. The van der Waals surface area contributed by atoms with Crippen LogP contribution in [0.5, 0.6) is 0 Å². The highest BCUT2D eigenvalue weighted by molar-refractivity contribution is 7.91. The number of anilines is 1. The molecule has 3 aromatic rings. The zero-order valence-corrected chi connectivity index (χ0v) is 15.8. The van der Waals surface area contributed by atoms with E-state index in [9.17, 15) is 18.5 Å². The SMILES string of the molecule is Cc1ccc(S(=O)(=O)c2ccc(N/N=C\c3ccc([N+](=O)[O-])cc3)cc2)cc1. The molecule has 0 aliphatic rings. The maximum Gasteiger partial charge on any atom is 0.269 e. The van der Waals surface area contributed by atoms with Gasteiger partial charge in [-0.3, -0.25) is 15.5 Å². The topological polar surface area (TPSA) is 102 Å². The minimum Gasteiger partial charge on any atom is -0.279 e. The summed E-state index contributed by atoms with van der Waals surface area (Å²) in [4.78, 5) is 10.6. The first-order chi connectivity index (χ1) is 13.4. The number of rotatable bonds is 6. The summed E-state index contributed by atoms with van der Waals surface area (Å²) in [6.45, 7) is 1.90. The van der Waals surface area contributed by atoms with Crippen LogP contribution in [0.3, 0.4) is 0 Å². The molecule has 0 amide bonds. The highest BCUT2D eigenvalue weighted by Gasteiger charge is 2.17. The van der Waals surface area contributed by atoms with Gasteiger partial charge in [0.2, 0.25) is 9.84 Å². The van der Waals surface area contributed by atoms with Crippen molar-refractivity contribution in [3.63, 3.8) is 0 Å². The highest BCUT2D eigenvalue weighted by atomic mass is 32.2. The maximum atomic E-state index is 12.6. The Kier molecular flexibility index (Phi) is 5.51. The van der Waals surface area contributed by atoms with Gasteiger partial charge >= 0.3 is 0 Å². The highest BCUT2D eigenvalue weighted by Crippen LogP contribution is 2.22. The van der Waals surface area contributed by atoms with Crippen LogP contribution in [0, 0.1) is 17.0 Å². The van der Waals surface area contributed by atoms with Crippen molar-refractivity contribution >= 4 is 27.4 Å². The van der Waals surface area contributed by atoms with Crippen LogP contribution < -0.4 is 5.43 Å². The smallest absolute Gasteiger partial charge is 0.269 e. The lowest BCUT2D eigenvalue weighted by atomic mass is 10.2. The Hall–Kier alpha value is -3.52. The number of nitrogens with one attached hydrogen (secondary N) is 1. The van der Waals surface area contributed by atoms with E-state index in [1.54, 1.807) is 48.5 Å². The molecular formula is C20H17N3O4S. The second-order valence-corrected chi connectivity index (χ2v) is 8.01. The molecule has 0 aliphatic carbocycles. The van der Waals surface area contributed by atoms with Crippen molar-refractivity contribution in [2.45, 2.75) is 16.7 Å². The number of nitro benzene ring substituents is 1. The van der Waals surface area contributed by atoms with Gasteiger partial charge in [0.05, 0.1) is 26.6 Å². The van der Waals surface area contributed by atoms with Crippen LogP contribution in [0.4, 0.5) is 11.4 Å². The second kappa shape index (κ2) is 8.01. The first-order valence-corrected chi connectivity index (χ1v) is 9.80. The molecule has 0 aliphatic heterocycles. The van der Waals surface area contributed by atoms with Gasteiger partial charge in [0, 0.05) is 12.1 Å². The van der Waals surface area contributed by atoms with E-state index in [-0.39, 0.29) is 15.5 Å². The molecule has 0 aromatic heterocycles. The van der Waals surface area contributed by atoms with E-state index in [4.69, 9.17) is 0 Å². The second-order valence-electron chi connectivity index (χ2n) is 6.06. The fourth-order valence-electron chi connectivity index (χ4n) is 2.43. The number of hydrogen-bond acceptors (Lipinski definition) is 6. The van der Waals surface area contributed by atoms with Crippen LogP contribution in [-0.2, 0) is 9.84 Å². The van der Waals surface area contributed by atoms with Crippen LogP contribution in [-0.4, -0.2) is 19.6 Å². The molecular weight excluding hydrogens is 378 g/mol. The molecule has 7 nitrogen and oxygen atoms in total.